The first kappa shape index (κ1) is 16.1. The Morgan fingerprint density at radius 1 is 1.16 bits per heavy atom. The molecule has 19 heavy (non-hydrogen) atoms. The molecule has 0 fully saturated rings. The maximum Gasteiger partial charge on any atom is 0.119 e. The highest BCUT2D eigenvalue weighted by Gasteiger charge is 1.98. The largest absolute Gasteiger partial charge is 0.490 e. The maximum atomic E-state index is 5.66. The minimum atomic E-state index is 0.304. The summed E-state index contributed by atoms with van der Waals surface area (Å²) in [7, 11) is 0. The van der Waals surface area contributed by atoms with Crippen molar-refractivity contribution < 1.29 is 4.74 Å². The topological polar surface area (TPSA) is 9.23 Å². The minimum absolute atomic E-state index is 0.304. The summed E-state index contributed by atoms with van der Waals surface area (Å²) in [5.41, 5.74) is 2.50. The zero-order valence-electron chi connectivity index (χ0n) is 11.6. The van der Waals surface area contributed by atoms with Crippen LogP contribution in [0.5, 0.6) is 5.75 Å². The van der Waals surface area contributed by atoms with E-state index in [9.17, 15) is 0 Å². The van der Waals surface area contributed by atoms with Gasteiger partial charge in [-0.3, -0.25) is 0 Å². The summed E-state index contributed by atoms with van der Waals surface area (Å²) in [5, 5.41) is 0. The van der Waals surface area contributed by atoms with E-state index in [-0.39, 0.29) is 0 Å². The summed E-state index contributed by atoms with van der Waals surface area (Å²) < 4.78 is 5.96. The van der Waals surface area contributed by atoms with Crippen molar-refractivity contribution in [2.24, 2.45) is 0 Å². The normalized spacial score (nSPS) is 11.6. The smallest absolute Gasteiger partial charge is 0.119 e. The summed E-state index contributed by atoms with van der Waals surface area (Å²) in [6, 6.07) is 8.22. The van der Waals surface area contributed by atoms with Crippen molar-refractivity contribution in [2.75, 3.05) is 6.61 Å². The number of hydrogen-bond donors (Lipinski definition) is 0. The molecule has 0 N–H and O–H groups in total. The summed E-state index contributed by atoms with van der Waals surface area (Å²) in [6.07, 6.45) is 4.55. The minimum Gasteiger partial charge on any atom is -0.490 e. The molecule has 0 bridgehead atoms. The second kappa shape index (κ2) is 8.29. The molecule has 0 saturated heterocycles. The highest BCUT2D eigenvalue weighted by molar-refractivity contribution is 6.55. The number of ether oxygens (including phenoxy) is 1. The fraction of sp³-hybridized carbons (Fsp3) is 0.375. The second-order valence-electron chi connectivity index (χ2n) is 4.78. The third-order valence-corrected chi connectivity index (χ3v) is 3.12. The fourth-order valence-electron chi connectivity index (χ4n) is 1.55. The molecule has 0 atom stereocenters. The lowest BCUT2D eigenvalue weighted by molar-refractivity contribution is 0.361. The van der Waals surface area contributed by atoms with Crippen LogP contribution in [0.1, 0.15) is 38.7 Å². The second-order valence-corrected chi connectivity index (χ2v) is 5.79. The van der Waals surface area contributed by atoms with Crippen molar-refractivity contribution in [1.29, 1.82) is 0 Å². The molecule has 0 saturated carbocycles. The molecule has 1 aromatic carbocycles. The Morgan fingerprint density at radius 2 is 1.79 bits per heavy atom. The third-order valence-electron chi connectivity index (χ3n) is 2.81. The lowest BCUT2D eigenvalue weighted by Gasteiger charge is -2.07. The van der Waals surface area contributed by atoms with Crippen molar-refractivity contribution in [3.05, 3.63) is 52.0 Å². The first-order chi connectivity index (χ1) is 8.99. The van der Waals surface area contributed by atoms with Gasteiger partial charge < -0.3 is 4.74 Å². The monoisotopic (exact) mass is 298 g/mol. The van der Waals surface area contributed by atoms with E-state index in [4.69, 9.17) is 27.9 Å². The van der Waals surface area contributed by atoms with Crippen molar-refractivity contribution in [1.82, 2.24) is 0 Å². The molecule has 3 heteroatoms. The van der Waals surface area contributed by atoms with Gasteiger partial charge in [-0.25, -0.2) is 0 Å². The molecule has 0 aliphatic heterocycles. The van der Waals surface area contributed by atoms with E-state index in [1.165, 1.54) is 11.1 Å². The summed E-state index contributed by atoms with van der Waals surface area (Å²) in [5.74, 6) is 1.43. The summed E-state index contributed by atoms with van der Waals surface area (Å²) >= 11 is 11.1. The average Bonchev–Trinajstić information content (AvgIpc) is 2.37. The van der Waals surface area contributed by atoms with Crippen LogP contribution in [0.4, 0.5) is 0 Å². The lowest BCUT2D eigenvalue weighted by atomic mass is 10.0. The Hall–Kier alpha value is -0.920. The zero-order valence-corrected chi connectivity index (χ0v) is 13.1. The molecule has 0 aliphatic carbocycles. The van der Waals surface area contributed by atoms with Crippen LogP contribution in [0.3, 0.4) is 0 Å². The SMILES string of the molecule is CC(=CCOc1ccc(C(C)C)cc1)CC=C(Cl)Cl. The van der Waals surface area contributed by atoms with E-state index in [1.807, 2.05) is 25.1 Å². The highest BCUT2D eigenvalue weighted by Crippen LogP contribution is 2.18. The Kier molecular flexibility index (Phi) is 7.04. The van der Waals surface area contributed by atoms with Gasteiger partial charge in [-0.15, -0.1) is 0 Å². The molecule has 0 heterocycles. The first-order valence-electron chi connectivity index (χ1n) is 6.38. The molecule has 0 amide bonds. The number of hydrogen-bond acceptors (Lipinski definition) is 1. The van der Waals surface area contributed by atoms with Gasteiger partial charge in [0.1, 0.15) is 16.8 Å². The van der Waals surface area contributed by atoms with Gasteiger partial charge in [0.2, 0.25) is 0 Å². The van der Waals surface area contributed by atoms with Gasteiger partial charge in [-0.05, 0) is 43.0 Å². The van der Waals surface area contributed by atoms with Crippen LogP contribution in [0.15, 0.2) is 46.5 Å². The summed E-state index contributed by atoms with van der Waals surface area (Å²) in [4.78, 5) is 0. The molecular formula is C16H20Cl2O. The molecule has 1 aromatic rings. The zero-order chi connectivity index (χ0) is 14.3. The van der Waals surface area contributed by atoms with Crippen LogP contribution in [0, 0.1) is 0 Å². The van der Waals surface area contributed by atoms with Gasteiger partial charge in [0.15, 0.2) is 0 Å². The Morgan fingerprint density at radius 3 is 2.32 bits per heavy atom. The Labute approximate surface area is 125 Å². The van der Waals surface area contributed by atoms with Crippen molar-refractivity contribution in [2.45, 2.75) is 33.1 Å². The molecule has 0 aliphatic rings. The molecule has 0 unspecified atom stereocenters. The van der Waals surface area contributed by atoms with Gasteiger partial charge in [0.05, 0.1) is 0 Å². The van der Waals surface area contributed by atoms with Crippen LogP contribution in [-0.4, -0.2) is 6.61 Å². The van der Waals surface area contributed by atoms with E-state index < -0.39 is 0 Å². The van der Waals surface area contributed by atoms with Crippen LogP contribution >= 0.6 is 23.2 Å². The van der Waals surface area contributed by atoms with E-state index in [0.717, 1.165) is 12.2 Å². The predicted octanol–water partition coefficient (Wildman–Crippen LogP) is 5.84. The molecule has 0 aromatic heterocycles. The van der Waals surface area contributed by atoms with Crippen LogP contribution < -0.4 is 4.74 Å². The van der Waals surface area contributed by atoms with Gasteiger partial charge in [0.25, 0.3) is 0 Å². The Balaban J connectivity index is 2.44. The highest BCUT2D eigenvalue weighted by atomic mass is 35.5. The van der Waals surface area contributed by atoms with Crippen LogP contribution in [0.25, 0.3) is 0 Å². The van der Waals surface area contributed by atoms with Crippen molar-refractivity contribution >= 4 is 23.2 Å². The number of rotatable bonds is 6. The number of benzene rings is 1. The van der Waals surface area contributed by atoms with E-state index in [2.05, 4.69) is 26.0 Å². The maximum absolute atomic E-state index is 5.66. The molecule has 0 spiro atoms. The first-order valence-corrected chi connectivity index (χ1v) is 7.14. The quantitative estimate of drug-likeness (QED) is 0.599. The lowest BCUT2D eigenvalue weighted by Crippen LogP contribution is -1.95. The van der Waals surface area contributed by atoms with Gasteiger partial charge in [-0.1, -0.05) is 60.8 Å². The fourth-order valence-corrected chi connectivity index (χ4v) is 1.70. The predicted molar refractivity (Wildman–Crippen MR) is 84.2 cm³/mol. The number of halogens is 2. The molecule has 1 rings (SSSR count). The van der Waals surface area contributed by atoms with E-state index in [0.29, 0.717) is 17.0 Å². The Bertz CT molecular complexity index is 440. The van der Waals surface area contributed by atoms with Crippen molar-refractivity contribution in [3.63, 3.8) is 0 Å². The van der Waals surface area contributed by atoms with Crippen molar-refractivity contribution in [3.8, 4) is 5.75 Å². The molecule has 0 radical (unpaired) electrons. The standard InChI is InChI=1S/C16H20Cl2O/c1-12(2)14-5-7-15(8-6-14)19-11-10-13(3)4-9-16(17)18/h5-10,12H,4,11H2,1-3H3. The average molecular weight is 299 g/mol. The van der Waals surface area contributed by atoms with E-state index in [1.54, 1.807) is 6.08 Å². The molecule has 104 valence electrons. The molecular weight excluding hydrogens is 279 g/mol. The van der Waals surface area contributed by atoms with E-state index >= 15 is 0 Å². The van der Waals surface area contributed by atoms with Crippen LogP contribution in [-0.2, 0) is 0 Å². The summed E-state index contributed by atoms with van der Waals surface area (Å²) in [6.45, 7) is 6.94. The molecule has 1 nitrogen and oxygen atoms in total. The van der Waals surface area contributed by atoms with Gasteiger partial charge in [-0.2, -0.15) is 0 Å². The number of allylic oxidation sites excluding steroid dienone is 2. The third kappa shape index (κ3) is 6.70. The van der Waals surface area contributed by atoms with Gasteiger partial charge in [0, 0.05) is 0 Å². The van der Waals surface area contributed by atoms with Gasteiger partial charge >= 0.3 is 0 Å². The van der Waals surface area contributed by atoms with Crippen LogP contribution in [0.2, 0.25) is 0 Å².